The molecule has 0 aliphatic carbocycles. The zero-order valence-electron chi connectivity index (χ0n) is 33.3. The summed E-state index contributed by atoms with van der Waals surface area (Å²) in [6, 6.07) is 19.6. The molecule has 18 heteroatoms. The summed E-state index contributed by atoms with van der Waals surface area (Å²) in [5.41, 5.74) is 7.16. The molecule has 0 bridgehead atoms. The molecule has 3 aromatic carbocycles. The fraction of sp³-hybridized carbons (Fsp3) is 0.500. The van der Waals surface area contributed by atoms with Crippen LogP contribution in [0.15, 0.2) is 83.8 Å². The Morgan fingerprint density at radius 1 is 0.948 bits per heavy atom. The van der Waals surface area contributed by atoms with E-state index < -0.39 is 72.8 Å². The Kier molecular flexibility index (Phi) is 15.6. The lowest BCUT2D eigenvalue weighted by Gasteiger charge is -2.31. The van der Waals surface area contributed by atoms with E-state index in [1.807, 2.05) is 13.8 Å². The Morgan fingerprint density at radius 3 is 2.29 bits per heavy atom. The van der Waals surface area contributed by atoms with Crippen LogP contribution < -0.4 is 20.3 Å². The molecule has 0 spiro atoms. The number of nitrogens with one attached hydrogen (secondary N) is 1. The third kappa shape index (κ3) is 12.6. The monoisotopic (exact) mass is 847 g/mol. The molecule has 2 saturated heterocycles. The molecule has 318 valence electrons. The van der Waals surface area contributed by atoms with Crippen LogP contribution in [0.4, 0.5) is 10.5 Å². The average molecular weight is 848 g/mol. The number of sulfonamides is 1. The van der Waals surface area contributed by atoms with Crippen molar-refractivity contribution in [3.8, 4) is 11.5 Å². The average Bonchev–Trinajstić information content (AvgIpc) is 3.79. The van der Waals surface area contributed by atoms with Crippen LogP contribution in [0.3, 0.4) is 0 Å². The maximum absolute atomic E-state index is 14.2. The van der Waals surface area contributed by atoms with Gasteiger partial charge in [0.15, 0.2) is 12.4 Å². The van der Waals surface area contributed by atoms with Crippen LogP contribution in [0.25, 0.3) is 0 Å². The smallest absolute Gasteiger partial charge is 0.417 e. The molecule has 4 N–H and O–H groups in total. The number of nitrogens with two attached hydrogens (primary N) is 1. The lowest BCUT2D eigenvalue weighted by atomic mass is 10.0. The van der Waals surface area contributed by atoms with Crippen LogP contribution >= 0.6 is 7.60 Å². The van der Waals surface area contributed by atoms with Crippen molar-refractivity contribution in [3.05, 3.63) is 84.4 Å². The van der Waals surface area contributed by atoms with Gasteiger partial charge in [-0.2, -0.15) is 4.31 Å². The summed E-state index contributed by atoms with van der Waals surface area (Å²) >= 11 is 0. The van der Waals surface area contributed by atoms with Crippen molar-refractivity contribution in [2.45, 2.75) is 89.1 Å². The van der Waals surface area contributed by atoms with E-state index in [0.717, 1.165) is 5.56 Å². The number of amides is 1. The summed E-state index contributed by atoms with van der Waals surface area (Å²) in [7, 11) is -8.37. The molecule has 2 aliphatic rings. The number of para-hydroxylation sites is 1. The maximum atomic E-state index is 14.2. The SMILES string of the molecule is CC(C)CN(C[C@@H](O)[C@H](Cc1ccc(N)cc1)NC(=O)O[C@H]1CO[C@H]2OCC[C@H]21)S(=O)(=O)c1ccc(OCP(=O)(Oc2ccccc2)O[C@@H](C)C(=O)OC(C)C)cc1. The summed E-state index contributed by atoms with van der Waals surface area (Å²) < 4.78 is 82.5. The summed E-state index contributed by atoms with van der Waals surface area (Å²) in [5, 5.41) is 14.4. The van der Waals surface area contributed by atoms with Gasteiger partial charge in [-0.25, -0.2) is 22.6 Å². The first-order chi connectivity index (χ1) is 27.5. The maximum Gasteiger partial charge on any atom is 0.417 e. The number of fused-ring (bicyclic) bond motifs is 1. The number of benzene rings is 3. The van der Waals surface area contributed by atoms with E-state index in [9.17, 15) is 27.7 Å². The number of anilines is 1. The predicted octanol–water partition coefficient (Wildman–Crippen LogP) is 5.34. The molecule has 2 fully saturated rings. The molecule has 1 amide bonds. The van der Waals surface area contributed by atoms with Gasteiger partial charge in [-0.05, 0) is 93.6 Å². The molecule has 3 aromatic rings. The number of rotatable bonds is 20. The van der Waals surface area contributed by atoms with Crippen LogP contribution in [0, 0.1) is 11.8 Å². The molecular formula is C40H54N3O13PS. The van der Waals surface area contributed by atoms with Gasteiger partial charge in [0, 0.05) is 18.8 Å². The Bertz CT molecular complexity index is 1950. The summed E-state index contributed by atoms with van der Waals surface area (Å²) in [5.74, 6) is -0.611. The quantitative estimate of drug-likeness (QED) is 0.0745. The lowest BCUT2D eigenvalue weighted by molar-refractivity contribution is -0.155. The van der Waals surface area contributed by atoms with Crippen LogP contribution in [-0.2, 0) is 49.3 Å². The highest BCUT2D eigenvalue weighted by atomic mass is 32.2. The van der Waals surface area contributed by atoms with Gasteiger partial charge >= 0.3 is 19.7 Å². The van der Waals surface area contributed by atoms with Crippen molar-refractivity contribution < 1.29 is 60.4 Å². The molecule has 0 radical (unpaired) electrons. The Labute approximate surface area is 339 Å². The third-order valence-corrected chi connectivity index (χ3v) is 12.7. The normalized spacial score (nSPS) is 20.5. The molecule has 2 heterocycles. The highest BCUT2D eigenvalue weighted by Gasteiger charge is 2.44. The fourth-order valence-corrected chi connectivity index (χ4v) is 9.51. The van der Waals surface area contributed by atoms with Gasteiger partial charge < -0.3 is 44.4 Å². The number of ether oxygens (including phenoxy) is 5. The molecule has 5 rings (SSSR count). The first-order valence-electron chi connectivity index (χ1n) is 19.2. The van der Waals surface area contributed by atoms with Crippen molar-refractivity contribution in [1.82, 2.24) is 9.62 Å². The minimum Gasteiger partial charge on any atom is -0.480 e. The lowest BCUT2D eigenvalue weighted by Crippen LogP contribution is -2.51. The zero-order valence-corrected chi connectivity index (χ0v) is 35.0. The summed E-state index contributed by atoms with van der Waals surface area (Å²) in [6.45, 7) is 8.79. The second-order valence-corrected chi connectivity index (χ2v) is 18.8. The second kappa shape index (κ2) is 20.2. The van der Waals surface area contributed by atoms with Gasteiger partial charge in [-0.15, -0.1) is 0 Å². The number of carbonyl (C=O) groups excluding carboxylic acids is 2. The van der Waals surface area contributed by atoms with Gasteiger partial charge in [0.1, 0.15) is 17.6 Å². The first-order valence-corrected chi connectivity index (χ1v) is 22.4. The Balaban J connectivity index is 1.29. The van der Waals surface area contributed by atoms with E-state index in [1.54, 1.807) is 68.4 Å². The van der Waals surface area contributed by atoms with Gasteiger partial charge in [-0.3, -0.25) is 4.52 Å². The van der Waals surface area contributed by atoms with Gasteiger partial charge in [0.05, 0.1) is 42.3 Å². The number of carbonyl (C=O) groups is 2. The molecule has 58 heavy (non-hydrogen) atoms. The van der Waals surface area contributed by atoms with E-state index in [1.165, 1.54) is 35.5 Å². The van der Waals surface area contributed by atoms with Crippen LogP contribution in [-0.4, -0.2) is 99.3 Å². The van der Waals surface area contributed by atoms with Gasteiger partial charge in [0.25, 0.3) is 0 Å². The van der Waals surface area contributed by atoms with Crippen LogP contribution in [0.1, 0.15) is 46.6 Å². The number of nitrogen functional groups attached to an aromatic ring is 1. The molecule has 0 saturated carbocycles. The highest BCUT2D eigenvalue weighted by molar-refractivity contribution is 7.89. The molecule has 2 aliphatic heterocycles. The molecular weight excluding hydrogens is 793 g/mol. The van der Waals surface area contributed by atoms with Gasteiger partial charge in [-0.1, -0.05) is 44.2 Å². The number of hydrogen-bond donors (Lipinski definition) is 3. The molecule has 16 nitrogen and oxygen atoms in total. The van der Waals surface area contributed by atoms with E-state index >= 15 is 0 Å². The predicted molar refractivity (Wildman–Crippen MR) is 214 cm³/mol. The van der Waals surface area contributed by atoms with E-state index in [4.69, 9.17) is 38.5 Å². The number of aliphatic hydroxyl groups excluding tert-OH is 1. The van der Waals surface area contributed by atoms with Crippen molar-refractivity contribution in [3.63, 3.8) is 0 Å². The number of hydrogen-bond acceptors (Lipinski definition) is 14. The summed E-state index contributed by atoms with van der Waals surface area (Å²) in [6.07, 6.45) is -4.57. The minimum absolute atomic E-state index is 0.0495. The van der Waals surface area contributed by atoms with Gasteiger partial charge in [0.2, 0.25) is 16.4 Å². The van der Waals surface area contributed by atoms with E-state index in [2.05, 4.69) is 5.32 Å². The molecule has 0 aromatic heterocycles. The number of esters is 1. The van der Waals surface area contributed by atoms with E-state index in [0.29, 0.717) is 18.7 Å². The van der Waals surface area contributed by atoms with Crippen molar-refractivity contribution in [2.24, 2.45) is 11.8 Å². The summed E-state index contributed by atoms with van der Waals surface area (Å²) in [4.78, 5) is 25.6. The van der Waals surface area contributed by atoms with Crippen molar-refractivity contribution >= 4 is 35.4 Å². The highest BCUT2D eigenvalue weighted by Crippen LogP contribution is 2.49. The third-order valence-electron chi connectivity index (χ3n) is 9.25. The standard InChI is InChI=1S/C40H54N3O13PS/c1-26(2)22-43(23-36(44)35(21-29-11-13-30(41)14-12-29)42-40(46)54-37-24-51-39-34(37)19-20-50-39)58(48,49)33-17-15-31(16-18-33)52-25-57(47,56-32-9-7-6-8-10-32)55-28(5)38(45)53-27(3)4/h6-18,26-28,34-37,39,44H,19-25,41H2,1-5H3,(H,42,46)/t28-,34-,35-,36+,37-,39+,57?/m0/s1. The fourth-order valence-electron chi connectivity index (χ4n) is 6.42. The van der Waals surface area contributed by atoms with Crippen molar-refractivity contribution in [1.29, 1.82) is 0 Å². The molecule has 1 unspecified atom stereocenters. The van der Waals surface area contributed by atoms with Crippen LogP contribution in [0.5, 0.6) is 11.5 Å². The van der Waals surface area contributed by atoms with Crippen molar-refractivity contribution in [2.75, 3.05) is 38.4 Å². The largest absolute Gasteiger partial charge is 0.480 e. The Hall–Kier alpha value is -4.22. The van der Waals surface area contributed by atoms with E-state index in [-0.39, 0.29) is 54.3 Å². The first kappa shape index (κ1) is 44.9. The van der Waals surface area contributed by atoms with Crippen LogP contribution in [0.2, 0.25) is 0 Å². The number of aliphatic hydroxyl groups is 1. The second-order valence-electron chi connectivity index (χ2n) is 14.9. The molecule has 7 atom stereocenters. The zero-order chi connectivity index (χ0) is 42.0. The topological polar surface area (TPSA) is 211 Å². The number of nitrogens with zero attached hydrogens (tertiary/aromatic N) is 1. The Morgan fingerprint density at radius 2 is 1.64 bits per heavy atom. The number of alkyl carbamates (subject to hydrolysis) is 1. The minimum atomic E-state index is -4.23.